The quantitative estimate of drug-likeness (QED) is 0.508. The molecule has 9 heteroatoms. The minimum Gasteiger partial charge on any atom is -0.444 e. The Morgan fingerprint density at radius 2 is 1.68 bits per heavy atom. The predicted molar refractivity (Wildman–Crippen MR) is 149 cm³/mol. The molecule has 2 aromatic heterocycles. The molecule has 1 aliphatic rings. The van der Waals surface area contributed by atoms with Crippen molar-refractivity contribution in [2.75, 3.05) is 49.6 Å². The lowest BCUT2D eigenvalue weighted by Gasteiger charge is -2.36. The molecule has 0 radical (unpaired) electrons. The highest BCUT2D eigenvalue weighted by molar-refractivity contribution is 5.82. The number of nitrogens with zero attached hydrogens (tertiary/aromatic N) is 5. The van der Waals surface area contributed by atoms with Crippen molar-refractivity contribution in [2.45, 2.75) is 32.9 Å². The van der Waals surface area contributed by atoms with Crippen LogP contribution in [0.25, 0.3) is 11.1 Å². The van der Waals surface area contributed by atoms with Gasteiger partial charge in [0.05, 0.1) is 0 Å². The Bertz CT molecular complexity index is 1220. The number of hydrogen-bond acceptors (Lipinski definition) is 7. The molecule has 1 aromatic carbocycles. The number of amides is 2. The van der Waals surface area contributed by atoms with Crippen LogP contribution >= 0.6 is 0 Å². The number of carbonyl (C=O) groups excluding carboxylic acids is 2. The van der Waals surface area contributed by atoms with Gasteiger partial charge in [-0.3, -0.25) is 9.78 Å². The third-order valence-corrected chi connectivity index (χ3v) is 6.27. The number of pyridine rings is 2. The van der Waals surface area contributed by atoms with Gasteiger partial charge < -0.3 is 24.8 Å². The second-order valence-electron chi connectivity index (χ2n) is 10.4. The fraction of sp³-hybridized carbons (Fsp3) is 0.379. The number of piperazine rings is 1. The van der Waals surface area contributed by atoms with Crippen LogP contribution in [-0.2, 0) is 16.1 Å². The number of anilines is 2. The first kappa shape index (κ1) is 26.9. The number of benzene rings is 1. The Labute approximate surface area is 224 Å². The maximum absolute atomic E-state index is 12.5. The summed E-state index contributed by atoms with van der Waals surface area (Å²) in [6, 6.07) is 16.3. The summed E-state index contributed by atoms with van der Waals surface area (Å²) in [6.07, 6.45) is 4.96. The summed E-state index contributed by atoms with van der Waals surface area (Å²) in [5.41, 5.74) is 3.65. The van der Waals surface area contributed by atoms with E-state index in [1.54, 1.807) is 32.7 Å². The zero-order valence-electron chi connectivity index (χ0n) is 22.6. The maximum Gasteiger partial charge on any atom is 0.408 e. The van der Waals surface area contributed by atoms with E-state index in [0.29, 0.717) is 6.54 Å². The van der Waals surface area contributed by atoms with Crippen LogP contribution < -0.4 is 15.1 Å². The number of ether oxygens (including phenoxy) is 1. The zero-order valence-corrected chi connectivity index (χ0v) is 22.6. The van der Waals surface area contributed by atoms with Crippen LogP contribution in [0.5, 0.6) is 0 Å². The van der Waals surface area contributed by atoms with Crippen LogP contribution in [0, 0.1) is 0 Å². The summed E-state index contributed by atoms with van der Waals surface area (Å²) in [5, 5.41) is 2.52. The second kappa shape index (κ2) is 11.9. The van der Waals surface area contributed by atoms with Crippen LogP contribution in [0.1, 0.15) is 26.3 Å². The molecule has 0 saturated carbocycles. The Morgan fingerprint density at radius 1 is 0.974 bits per heavy atom. The zero-order chi connectivity index (χ0) is 27.1. The molecule has 0 atom stereocenters. The topological polar surface area (TPSA) is 90.9 Å². The van der Waals surface area contributed by atoms with Crippen molar-refractivity contribution in [3.8, 4) is 11.1 Å². The average molecular weight is 517 g/mol. The largest absolute Gasteiger partial charge is 0.444 e. The lowest BCUT2D eigenvalue weighted by molar-refractivity contribution is -0.129. The number of nitrogens with one attached hydrogen (secondary N) is 1. The van der Waals surface area contributed by atoms with Gasteiger partial charge in [0.1, 0.15) is 18.0 Å². The van der Waals surface area contributed by atoms with Gasteiger partial charge in [-0.15, -0.1) is 0 Å². The van der Waals surface area contributed by atoms with E-state index < -0.39 is 11.7 Å². The summed E-state index contributed by atoms with van der Waals surface area (Å²) in [4.78, 5) is 39.4. The van der Waals surface area contributed by atoms with Crippen molar-refractivity contribution in [3.63, 3.8) is 0 Å². The highest BCUT2D eigenvalue weighted by atomic mass is 16.6. The average Bonchev–Trinajstić information content (AvgIpc) is 2.91. The van der Waals surface area contributed by atoms with E-state index >= 15 is 0 Å². The van der Waals surface area contributed by atoms with E-state index in [9.17, 15) is 9.59 Å². The molecule has 200 valence electrons. The normalized spacial score (nSPS) is 13.7. The number of carbonyl (C=O) groups is 2. The van der Waals surface area contributed by atoms with Gasteiger partial charge >= 0.3 is 6.09 Å². The van der Waals surface area contributed by atoms with E-state index in [0.717, 1.165) is 48.7 Å². The van der Waals surface area contributed by atoms with Crippen molar-refractivity contribution in [1.82, 2.24) is 20.2 Å². The molecule has 4 rings (SSSR count). The third-order valence-electron chi connectivity index (χ3n) is 6.27. The van der Waals surface area contributed by atoms with Crippen molar-refractivity contribution in [3.05, 3.63) is 72.7 Å². The number of aromatic nitrogens is 2. The molecule has 0 unspecified atom stereocenters. The van der Waals surface area contributed by atoms with Gasteiger partial charge in [0, 0.05) is 69.6 Å². The van der Waals surface area contributed by atoms with Gasteiger partial charge in [-0.25, -0.2) is 9.78 Å². The fourth-order valence-corrected chi connectivity index (χ4v) is 4.30. The number of rotatable bonds is 7. The van der Waals surface area contributed by atoms with Crippen LogP contribution in [0.15, 0.2) is 67.1 Å². The van der Waals surface area contributed by atoms with Gasteiger partial charge in [-0.2, -0.15) is 0 Å². The molecule has 0 bridgehead atoms. The molecule has 9 nitrogen and oxygen atoms in total. The number of likely N-dealkylation sites (N-methyl/N-ethyl adjacent to an activating group) is 1. The number of alkyl carbamates (subject to hydrolysis) is 1. The third kappa shape index (κ3) is 7.44. The first-order chi connectivity index (χ1) is 18.2. The predicted octanol–water partition coefficient (Wildman–Crippen LogP) is 3.95. The highest BCUT2D eigenvalue weighted by Crippen LogP contribution is 2.24. The first-order valence-corrected chi connectivity index (χ1v) is 12.8. The summed E-state index contributed by atoms with van der Waals surface area (Å²) in [5.74, 6) is 0.776. The van der Waals surface area contributed by atoms with Crippen molar-refractivity contribution in [1.29, 1.82) is 0 Å². The van der Waals surface area contributed by atoms with Crippen LogP contribution in [0.4, 0.5) is 16.3 Å². The van der Waals surface area contributed by atoms with Crippen molar-refractivity contribution >= 4 is 23.5 Å². The lowest BCUT2D eigenvalue weighted by atomic mass is 10.0. The van der Waals surface area contributed by atoms with Gasteiger partial charge in [0.25, 0.3) is 0 Å². The number of hydrogen-bond donors (Lipinski definition) is 1. The lowest BCUT2D eigenvalue weighted by Crippen LogP contribution is -2.46. The van der Waals surface area contributed by atoms with E-state index in [1.807, 2.05) is 48.9 Å². The second-order valence-corrected chi connectivity index (χ2v) is 10.4. The Balaban J connectivity index is 1.31. The minimum absolute atomic E-state index is 0.118. The standard InChI is InChI=1S/C29H36N6O3/c1-29(2,3)38-28(37)32-20-27(36)33(4)21-22-6-5-7-23(18-22)24-8-9-26(31-19-24)35-16-14-34(15-17-35)25-10-12-30-13-11-25/h5-13,18-19H,14-17,20-21H2,1-4H3,(H,32,37). The van der Waals surface area contributed by atoms with E-state index in [4.69, 9.17) is 9.72 Å². The van der Waals surface area contributed by atoms with Crippen molar-refractivity contribution in [2.24, 2.45) is 0 Å². The SMILES string of the molecule is CN(Cc1cccc(-c2ccc(N3CCN(c4ccncc4)CC3)nc2)c1)C(=O)CNC(=O)OC(C)(C)C. The van der Waals surface area contributed by atoms with Crippen molar-refractivity contribution < 1.29 is 14.3 Å². The highest BCUT2D eigenvalue weighted by Gasteiger charge is 2.19. The molecule has 3 aromatic rings. The molecule has 0 spiro atoms. The molecule has 1 N–H and O–H groups in total. The molecule has 2 amide bonds. The summed E-state index contributed by atoms with van der Waals surface area (Å²) in [6.45, 7) is 9.35. The van der Waals surface area contributed by atoms with E-state index in [-0.39, 0.29) is 12.5 Å². The van der Waals surface area contributed by atoms with Gasteiger partial charge in [-0.1, -0.05) is 18.2 Å². The van der Waals surface area contributed by atoms with Crippen LogP contribution in [-0.4, -0.2) is 72.2 Å². The fourth-order valence-electron chi connectivity index (χ4n) is 4.30. The molecule has 3 heterocycles. The summed E-state index contributed by atoms with van der Waals surface area (Å²) >= 11 is 0. The van der Waals surface area contributed by atoms with E-state index in [2.05, 4.69) is 38.3 Å². The van der Waals surface area contributed by atoms with Crippen LogP contribution in [0.2, 0.25) is 0 Å². The molecular formula is C29H36N6O3. The monoisotopic (exact) mass is 516 g/mol. The molecule has 0 aliphatic carbocycles. The molecule has 1 fully saturated rings. The minimum atomic E-state index is -0.609. The molecule has 38 heavy (non-hydrogen) atoms. The Morgan fingerprint density at radius 3 is 2.34 bits per heavy atom. The Kier molecular flexibility index (Phi) is 8.45. The van der Waals surface area contributed by atoms with Crippen LogP contribution in [0.3, 0.4) is 0 Å². The summed E-state index contributed by atoms with van der Waals surface area (Å²) < 4.78 is 5.19. The van der Waals surface area contributed by atoms with Gasteiger partial charge in [-0.05, 0) is 62.2 Å². The Hall–Kier alpha value is -4.14. The smallest absolute Gasteiger partial charge is 0.408 e. The van der Waals surface area contributed by atoms with Gasteiger partial charge in [0.2, 0.25) is 5.91 Å². The maximum atomic E-state index is 12.5. The first-order valence-electron chi connectivity index (χ1n) is 12.8. The van der Waals surface area contributed by atoms with E-state index in [1.165, 1.54) is 5.69 Å². The molecule has 1 saturated heterocycles. The molecule has 1 aliphatic heterocycles. The molecular weight excluding hydrogens is 480 g/mol. The summed E-state index contributed by atoms with van der Waals surface area (Å²) in [7, 11) is 1.72. The van der Waals surface area contributed by atoms with Gasteiger partial charge in [0.15, 0.2) is 0 Å².